The molecule has 0 aromatic carbocycles. The Bertz CT molecular complexity index is 672. The molecule has 4 heterocycles. The molecule has 0 saturated carbocycles. The Hall–Kier alpha value is -1.48. The van der Waals surface area contributed by atoms with Gasteiger partial charge in [0, 0.05) is 13.1 Å². The molecule has 0 amide bonds. The lowest BCUT2D eigenvalue weighted by Crippen LogP contribution is -2.38. The minimum atomic E-state index is -0.541. The van der Waals surface area contributed by atoms with Crippen molar-refractivity contribution in [1.29, 1.82) is 0 Å². The van der Waals surface area contributed by atoms with E-state index >= 15 is 0 Å². The number of aliphatic hydroxyl groups is 1. The van der Waals surface area contributed by atoms with E-state index in [1.54, 1.807) is 0 Å². The Balaban J connectivity index is 1.77. The minimum absolute atomic E-state index is 0.150. The third kappa shape index (κ3) is 2.24. The summed E-state index contributed by atoms with van der Waals surface area (Å²) in [5.74, 6) is 1.26. The van der Waals surface area contributed by atoms with Gasteiger partial charge in [0.25, 0.3) is 0 Å². The van der Waals surface area contributed by atoms with Crippen LogP contribution in [0.5, 0.6) is 0 Å². The molecule has 2 aromatic rings. The molecule has 2 N–H and O–H groups in total. The molecule has 112 valence electrons. The summed E-state index contributed by atoms with van der Waals surface area (Å²) >= 11 is 5.99. The second kappa shape index (κ2) is 5.06. The smallest absolute Gasteiger partial charge is 0.226 e. The number of halogens is 1. The highest BCUT2D eigenvalue weighted by Gasteiger charge is 2.35. The molecule has 0 spiro atoms. The van der Waals surface area contributed by atoms with Gasteiger partial charge in [-0.1, -0.05) is 0 Å². The minimum Gasteiger partial charge on any atom is -0.388 e. The number of imidazole rings is 1. The van der Waals surface area contributed by atoms with Crippen LogP contribution in [-0.2, 0) is 9.47 Å². The average molecular weight is 312 g/mol. The number of nitrogens with zero attached hydrogens (tertiary/aromatic N) is 4. The lowest BCUT2D eigenvalue weighted by molar-refractivity contribution is -0.168. The third-order valence-electron chi connectivity index (χ3n) is 3.70. The maximum Gasteiger partial charge on any atom is 0.226 e. The predicted molar refractivity (Wildman–Crippen MR) is 74.4 cm³/mol. The number of rotatable bonds is 2. The fourth-order valence-corrected chi connectivity index (χ4v) is 2.71. The number of aliphatic hydroxyl groups excluding tert-OH is 1. The normalized spacial score (nSPS) is 26.1. The molecule has 2 atom stereocenters. The van der Waals surface area contributed by atoms with Gasteiger partial charge in [0.15, 0.2) is 11.5 Å². The summed E-state index contributed by atoms with van der Waals surface area (Å²) in [6.07, 6.45) is -0.976. The van der Waals surface area contributed by atoms with Gasteiger partial charge in [-0.2, -0.15) is 9.97 Å². The summed E-state index contributed by atoms with van der Waals surface area (Å²) in [5, 5.41) is 9.83. The highest BCUT2D eigenvalue weighted by molar-refractivity contribution is 6.28. The molecule has 9 heteroatoms. The molecule has 21 heavy (non-hydrogen) atoms. The maximum absolute atomic E-state index is 9.68. The Labute approximate surface area is 125 Å². The topological polar surface area (TPSA) is 96.4 Å². The zero-order valence-electron chi connectivity index (χ0n) is 11.1. The Morgan fingerprint density at radius 2 is 2.05 bits per heavy atom. The second-order valence-corrected chi connectivity index (χ2v) is 5.40. The number of nitrogens with one attached hydrogen (secondary N) is 1. The van der Waals surface area contributed by atoms with Gasteiger partial charge in [-0.05, 0) is 11.6 Å². The average Bonchev–Trinajstić information content (AvgIpc) is 2.88. The van der Waals surface area contributed by atoms with E-state index in [9.17, 15) is 5.11 Å². The van der Waals surface area contributed by atoms with Crippen LogP contribution in [0, 0.1) is 0 Å². The van der Waals surface area contributed by atoms with E-state index in [4.69, 9.17) is 21.1 Å². The molecule has 4 rings (SSSR count). The van der Waals surface area contributed by atoms with Crippen LogP contribution in [0.1, 0.15) is 11.9 Å². The van der Waals surface area contributed by atoms with Crippen molar-refractivity contribution in [3.05, 3.63) is 11.1 Å². The highest BCUT2D eigenvalue weighted by atomic mass is 35.5. The van der Waals surface area contributed by atoms with Gasteiger partial charge in [0.2, 0.25) is 5.28 Å². The van der Waals surface area contributed by atoms with E-state index in [0.717, 1.165) is 13.1 Å². The molecule has 2 aliphatic rings. The van der Waals surface area contributed by atoms with Crippen LogP contribution < -0.4 is 4.90 Å². The number of anilines is 1. The Morgan fingerprint density at radius 3 is 2.71 bits per heavy atom. The number of hydrogen-bond donors (Lipinski definition) is 2. The summed E-state index contributed by atoms with van der Waals surface area (Å²) in [7, 11) is 0. The first kappa shape index (κ1) is 13.2. The summed E-state index contributed by atoms with van der Waals surface area (Å²) in [6, 6.07) is 0. The first-order valence-electron chi connectivity index (χ1n) is 6.78. The summed E-state index contributed by atoms with van der Waals surface area (Å²) < 4.78 is 10.7. The van der Waals surface area contributed by atoms with Crippen LogP contribution in [0.2, 0.25) is 5.28 Å². The van der Waals surface area contributed by atoms with E-state index in [2.05, 4.69) is 24.8 Å². The van der Waals surface area contributed by atoms with E-state index in [0.29, 0.717) is 42.6 Å². The quantitative estimate of drug-likeness (QED) is 0.769. The van der Waals surface area contributed by atoms with Crippen LogP contribution in [-0.4, -0.2) is 64.1 Å². The number of ether oxygens (including phenoxy) is 2. The van der Waals surface area contributed by atoms with E-state index in [1.807, 2.05) is 0 Å². The Morgan fingerprint density at radius 1 is 1.24 bits per heavy atom. The number of aromatic nitrogens is 4. The van der Waals surface area contributed by atoms with Crippen LogP contribution in [0.25, 0.3) is 11.2 Å². The molecule has 2 unspecified atom stereocenters. The number of morpholine rings is 1. The van der Waals surface area contributed by atoms with Crippen LogP contribution in [0.15, 0.2) is 0 Å². The van der Waals surface area contributed by atoms with Crippen molar-refractivity contribution in [3.63, 3.8) is 0 Å². The van der Waals surface area contributed by atoms with Crippen LogP contribution >= 0.6 is 11.6 Å². The molecule has 2 aliphatic heterocycles. The second-order valence-electron chi connectivity index (χ2n) is 5.06. The number of aromatic amines is 1. The van der Waals surface area contributed by atoms with Gasteiger partial charge >= 0.3 is 0 Å². The first-order chi connectivity index (χ1) is 10.2. The van der Waals surface area contributed by atoms with Crippen molar-refractivity contribution >= 4 is 28.6 Å². The number of fused-ring (bicyclic) bond motifs is 1. The van der Waals surface area contributed by atoms with Crippen molar-refractivity contribution in [1.82, 2.24) is 19.9 Å². The molecule has 2 saturated heterocycles. The monoisotopic (exact) mass is 311 g/mol. The molecule has 0 bridgehead atoms. The van der Waals surface area contributed by atoms with Gasteiger partial charge in [-0.25, -0.2) is 4.98 Å². The molecular formula is C12H14ClN5O3. The van der Waals surface area contributed by atoms with Crippen molar-refractivity contribution < 1.29 is 14.6 Å². The van der Waals surface area contributed by atoms with Crippen LogP contribution in [0.4, 0.5) is 5.82 Å². The van der Waals surface area contributed by atoms with Gasteiger partial charge < -0.3 is 24.5 Å². The fourth-order valence-electron chi connectivity index (χ4n) is 2.55. The van der Waals surface area contributed by atoms with Gasteiger partial charge in [0.05, 0.1) is 19.8 Å². The van der Waals surface area contributed by atoms with E-state index in [1.165, 1.54) is 0 Å². The molecule has 0 radical (unpaired) electrons. The highest BCUT2D eigenvalue weighted by Crippen LogP contribution is 2.31. The lowest BCUT2D eigenvalue weighted by atomic mass is 10.1. The summed E-state index contributed by atoms with van der Waals surface area (Å²) in [6.45, 7) is 3.09. The molecular weight excluding hydrogens is 298 g/mol. The largest absolute Gasteiger partial charge is 0.388 e. The first-order valence-corrected chi connectivity index (χ1v) is 7.15. The lowest BCUT2D eigenvalue weighted by Gasteiger charge is -2.30. The molecule has 0 aliphatic carbocycles. The third-order valence-corrected chi connectivity index (χ3v) is 3.87. The number of H-pyrrole nitrogens is 1. The van der Waals surface area contributed by atoms with Crippen molar-refractivity contribution in [2.45, 2.75) is 12.2 Å². The predicted octanol–water partition coefficient (Wildman–Crippen LogP) is 0.275. The van der Waals surface area contributed by atoms with E-state index < -0.39 is 12.2 Å². The van der Waals surface area contributed by atoms with Gasteiger partial charge in [-0.3, -0.25) is 0 Å². The van der Waals surface area contributed by atoms with Crippen molar-refractivity contribution in [2.24, 2.45) is 0 Å². The maximum atomic E-state index is 9.68. The van der Waals surface area contributed by atoms with Crippen molar-refractivity contribution in [2.75, 3.05) is 37.8 Å². The van der Waals surface area contributed by atoms with Gasteiger partial charge in [-0.15, -0.1) is 0 Å². The fraction of sp³-hybridized carbons (Fsp3) is 0.583. The summed E-state index contributed by atoms with van der Waals surface area (Å²) in [5.41, 5.74) is 1.19. The standard InChI is InChI=1S/C12H14ClN5O3/c13-12-16-9-7(11(17-12)18-1-3-20-4-2-18)14-10(15-9)8-6(19)5-21-8/h6,8,19H,1-5H2,(H,14,15,16,17). The zero-order chi connectivity index (χ0) is 14.4. The molecule has 2 aromatic heterocycles. The van der Waals surface area contributed by atoms with Crippen LogP contribution in [0.3, 0.4) is 0 Å². The zero-order valence-corrected chi connectivity index (χ0v) is 11.9. The number of hydrogen-bond acceptors (Lipinski definition) is 7. The molecule has 2 fully saturated rings. The SMILES string of the molecule is OC1COC1c1nc2nc(Cl)nc(N3CCOCC3)c2[nH]1. The van der Waals surface area contributed by atoms with E-state index in [-0.39, 0.29) is 5.28 Å². The van der Waals surface area contributed by atoms with Gasteiger partial charge in [0.1, 0.15) is 23.5 Å². The summed E-state index contributed by atoms with van der Waals surface area (Å²) in [4.78, 5) is 18.1. The Kier molecular flexibility index (Phi) is 3.18. The molecule has 8 nitrogen and oxygen atoms in total. The van der Waals surface area contributed by atoms with Crippen molar-refractivity contribution in [3.8, 4) is 0 Å².